The third-order valence-electron chi connectivity index (χ3n) is 2.98. The van der Waals surface area contributed by atoms with Gasteiger partial charge in [-0.2, -0.15) is 0 Å². The molecule has 20 heavy (non-hydrogen) atoms. The van der Waals surface area contributed by atoms with Crippen LogP contribution in [-0.2, 0) is 4.74 Å². The van der Waals surface area contributed by atoms with Crippen LogP contribution in [0, 0.1) is 11.8 Å². The van der Waals surface area contributed by atoms with Crippen molar-refractivity contribution < 1.29 is 9.53 Å². The minimum absolute atomic E-state index is 0.0989. The van der Waals surface area contributed by atoms with Gasteiger partial charge in [0.05, 0.1) is 26.3 Å². The standard InChI is InChI=1S/C15H17BrN2O2/c16-14-5-3-13(4-6-14)15(19)17-7-1-2-8-18-9-11-20-12-10-18/h3-6H,7-12H2,(H,17,19). The van der Waals surface area contributed by atoms with Gasteiger partial charge in [-0.1, -0.05) is 27.8 Å². The minimum atomic E-state index is -0.0989. The third kappa shape index (κ3) is 4.97. The monoisotopic (exact) mass is 336 g/mol. The van der Waals surface area contributed by atoms with E-state index < -0.39 is 0 Å². The molecule has 2 rings (SSSR count). The van der Waals surface area contributed by atoms with Crippen LogP contribution in [0.5, 0.6) is 0 Å². The van der Waals surface area contributed by atoms with Crippen LogP contribution in [0.3, 0.4) is 0 Å². The van der Waals surface area contributed by atoms with Crippen LogP contribution in [-0.4, -0.2) is 50.2 Å². The number of carbonyl (C=O) groups is 1. The maximum Gasteiger partial charge on any atom is 0.252 e. The van der Waals surface area contributed by atoms with Crippen molar-refractivity contribution in [2.24, 2.45) is 0 Å². The topological polar surface area (TPSA) is 41.6 Å². The Labute approximate surface area is 127 Å². The van der Waals surface area contributed by atoms with Crippen LogP contribution in [0.2, 0.25) is 0 Å². The maximum absolute atomic E-state index is 11.8. The van der Waals surface area contributed by atoms with Gasteiger partial charge in [0.2, 0.25) is 0 Å². The lowest BCUT2D eigenvalue weighted by Gasteiger charge is -2.24. The van der Waals surface area contributed by atoms with E-state index in [1.165, 1.54) is 0 Å². The molecule has 1 N–H and O–H groups in total. The van der Waals surface area contributed by atoms with E-state index in [1.54, 1.807) is 12.1 Å². The molecule has 0 radical (unpaired) electrons. The van der Waals surface area contributed by atoms with Crippen LogP contribution >= 0.6 is 15.9 Å². The molecule has 1 aliphatic heterocycles. The van der Waals surface area contributed by atoms with E-state index in [2.05, 4.69) is 38.0 Å². The van der Waals surface area contributed by atoms with Crippen molar-refractivity contribution in [1.82, 2.24) is 10.2 Å². The SMILES string of the molecule is O=C(NCC#CCN1CCOCC1)c1ccc(Br)cc1. The molecule has 0 aromatic heterocycles. The van der Waals surface area contributed by atoms with Crippen molar-refractivity contribution in [3.05, 3.63) is 34.3 Å². The molecule has 1 saturated heterocycles. The smallest absolute Gasteiger partial charge is 0.252 e. The molecule has 1 aromatic carbocycles. The van der Waals surface area contributed by atoms with Crippen molar-refractivity contribution in [1.29, 1.82) is 0 Å². The fourth-order valence-corrected chi connectivity index (χ4v) is 2.08. The maximum atomic E-state index is 11.8. The number of halogens is 1. The van der Waals surface area contributed by atoms with Gasteiger partial charge in [0, 0.05) is 23.1 Å². The zero-order valence-electron chi connectivity index (χ0n) is 11.2. The van der Waals surface area contributed by atoms with Gasteiger partial charge in [0.25, 0.3) is 5.91 Å². The Morgan fingerprint density at radius 1 is 1.25 bits per heavy atom. The van der Waals surface area contributed by atoms with E-state index in [1.807, 2.05) is 12.1 Å². The van der Waals surface area contributed by atoms with E-state index in [0.717, 1.165) is 37.3 Å². The summed E-state index contributed by atoms with van der Waals surface area (Å²) >= 11 is 3.34. The number of amides is 1. The summed E-state index contributed by atoms with van der Waals surface area (Å²) in [7, 11) is 0. The van der Waals surface area contributed by atoms with Crippen LogP contribution in [0.4, 0.5) is 0 Å². The summed E-state index contributed by atoms with van der Waals surface area (Å²) in [6.45, 7) is 4.53. The number of nitrogens with one attached hydrogen (secondary N) is 1. The predicted molar refractivity (Wildman–Crippen MR) is 81.5 cm³/mol. The number of benzene rings is 1. The Balaban J connectivity index is 1.70. The van der Waals surface area contributed by atoms with E-state index in [0.29, 0.717) is 12.1 Å². The molecule has 1 fully saturated rings. The van der Waals surface area contributed by atoms with Crippen LogP contribution in [0.1, 0.15) is 10.4 Å². The zero-order valence-corrected chi connectivity index (χ0v) is 12.8. The van der Waals surface area contributed by atoms with Gasteiger partial charge < -0.3 is 10.1 Å². The van der Waals surface area contributed by atoms with Gasteiger partial charge in [-0.3, -0.25) is 9.69 Å². The Morgan fingerprint density at radius 2 is 1.95 bits per heavy atom. The summed E-state index contributed by atoms with van der Waals surface area (Å²) in [5.74, 6) is 5.94. The largest absolute Gasteiger partial charge is 0.379 e. The summed E-state index contributed by atoms with van der Waals surface area (Å²) in [6.07, 6.45) is 0. The first-order valence-electron chi connectivity index (χ1n) is 6.55. The molecule has 0 unspecified atom stereocenters. The van der Waals surface area contributed by atoms with Crippen molar-refractivity contribution in [3.8, 4) is 11.8 Å². The van der Waals surface area contributed by atoms with Crippen molar-refractivity contribution in [2.75, 3.05) is 39.4 Å². The lowest BCUT2D eigenvalue weighted by atomic mass is 10.2. The molecular weight excluding hydrogens is 320 g/mol. The molecule has 1 aromatic rings. The number of hydrogen-bond acceptors (Lipinski definition) is 3. The number of nitrogens with zero attached hydrogens (tertiary/aromatic N) is 1. The second-order valence-electron chi connectivity index (χ2n) is 4.43. The first kappa shape index (κ1) is 15.0. The van der Waals surface area contributed by atoms with Gasteiger partial charge in [0.1, 0.15) is 0 Å². The van der Waals surface area contributed by atoms with Gasteiger partial charge in [-0.15, -0.1) is 0 Å². The van der Waals surface area contributed by atoms with Crippen LogP contribution in [0.25, 0.3) is 0 Å². The highest BCUT2D eigenvalue weighted by molar-refractivity contribution is 9.10. The van der Waals surface area contributed by atoms with E-state index in [-0.39, 0.29) is 5.91 Å². The molecule has 1 heterocycles. The molecule has 0 spiro atoms. The van der Waals surface area contributed by atoms with Crippen molar-refractivity contribution >= 4 is 21.8 Å². The van der Waals surface area contributed by atoms with Crippen LogP contribution < -0.4 is 5.32 Å². The Morgan fingerprint density at radius 3 is 2.65 bits per heavy atom. The van der Waals surface area contributed by atoms with Crippen LogP contribution in [0.15, 0.2) is 28.7 Å². The zero-order chi connectivity index (χ0) is 14.2. The highest BCUT2D eigenvalue weighted by Gasteiger charge is 2.07. The highest BCUT2D eigenvalue weighted by atomic mass is 79.9. The van der Waals surface area contributed by atoms with Crippen molar-refractivity contribution in [2.45, 2.75) is 0 Å². The third-order valence-corrected chi connectivity index (χ3v) is 3.50. The lowest BCUT2D eigenvalue weighted by Crippen LogP contribution is -2.36. The van der Waals surface area contributed by atoms with E-state index in [4.69, 9.17) is 4.74 Å². The highest BCUT2D eigenvalue weighted by Crippen LogP contribution is 2.10. The Kier molecular flexibility index (Phi) is 6.06. The number of rotatable bonds is 3. The summed E-state index contributed by atoms with van der Waals surface area (Å²) in [4.78, 5) is 14.0. The molecule has 0 atom stereocenters. The average molecular weight is 337 g/mol. The van der Waals surface area contributed by atoms with E-state index in [9.17, 15) is 4.79 Å². The van der Waals surface area contributed by atoms with Gasteiger partial charge in [0.15, 0.2) is 0 Å². The summed E-state index contributed by atoms with van der Waals surface area (Å²) < 4.78 is 6.22. The number of ether oxygens (including phenoxy) is 1. The Hall–Kier alpha value is -1.35. The molecule has 1 amide bonds. The normalized spacial score (nSPS) is 15.2. The summed E-state index contributed by atoms with van der Waals surface area (Å²) in [5.41, 5.74) is 0.642. The molecule has 4 nitrogen and oxygen atoms in total. The fourth-order valence-electron chi connectivity index (χ4n) is 1.82. The number of morpholine rings is 1. The first-order valence-corrected chi connectivity index (χ1v) is 7.34. The first-order chi connectivity index (χ1) is 9.75. The molecular formula is C15H17BrN2O2. The second-order valence-corrected chi connectivity index (χ2v) is 5.35. The molecule has 0 saturated carbocycles. The molecule has 1 aliphatic rings. The molecule has 5 heteroatoms. The van der Waals surface area contributed by atoms with Gasteiger partial charge >= 0.3 is 0 Å². The average Bonchev–Trinajstić information content (AvgIpc) is 2.48. The van der Waals surface area contributed by atoms with Gasteiger partial charge in [-0.25, -0.2) is 0 Å². The second kappa shape index (κ2) is 8.05. The fraction of sp³-hybridized carbons (Fsp3) is 0.400. The number of carbonyl (C=O) groups excluding carboxylic acids is 1. The quantitative estimate of drug-likeness (QED) is 0.851. The van der Waals surface area contributed by atoms with Gasteiger partial charge in [-0.05, 0) is 24.3 Å². The van der Waals surface area contributed by atoms with E-state index >= 15 is 0 Å². The Bertz CT molecular complexity index is 499. The number of hydrogen-bond donors (Lipinski definition) is 1. The molecule has 0 aliphatic carbocycles. The summed E-state index contributed by atoms with van der Waals surface area (Å²) in [6, 6.07) is 7.25. The summed E-state index contributed by atoms with van der Waals surface area (Å²) in [5, 5.41) is 2.79. The molecule has 0 bridgehead atoms. The minimum Gasteiger partial charge on any atom is -0.379 e. The predicted octanol–water partition coefficient (Wildman–Crippen LogP) is 1.51. The van der Waals surface area contributed by atoms with Crippen molar-refractivity contribution in [3.63, 3.8) is 0 Å². The lowest BCUT2D eigenvalue weighted by molar-refractivity contribution is 0.0443. The molecule has 106 valence electrons.